The maximum atomic E-state index is 12.0. The van der Waals surface area contributed by atoms with Crippen LogP contribution in [-0.2, 0) is 6.42 Å². The lowest BCUT2D eigenvalue weighted by Crippen LogP contribution is -2.28. The van der Waals surface area contributed by atoms with Crippen LogP contribution in [0.1, 0.15) is 29.9 Å². The van der Waals surface area contributed by atoms with Gasteiger partial charge >= 0.3 is 0 Å². The molecule has 0 bridgehead atoms. The zero-order valence-electron chi connectivity index (χ0n) is 13.3. The van der Waals surface area contributed by atoms with Crippen LogP contribution in [0.3, 0.4) is 0 Å². The van der Waals surface area contributed by atoms with Crippen LogP contribution in [0.2, 0.25) is 5.02 Å². The average molecular weight is 333 g/mol. The Morgan fingerprint density at radius 1 is 1.26 bits per heavy atom. The Morgan fingerprint density at radius 2 is 2.09 bits per heavy atom. The normalized spacial score (nSPS) is 10.6. The van der Waals surface area contributed by atoms with Crippen LogP contribution in [0.4, 0.5) is 5.82 Å². The molecule has 1 heterocycles. The van der Waals surface area contributed by atoms with Gasteiger partial charge in [0.25, 0.3) is 5.91 Å². The fourth-order valence-corrected chi connectivity index (χ4v) is 2.21. The zero-order valence-corrected chi connectivity index (χ0v) is 14.1. The van der Waals surface area contributed by atoms with Crippen molar-refractivity contribution in [2.75, 3.05) is 18.4 Å². The molecular weight excluding hydrogens is 312 g/mol. The van der Waals surface area contributed by atoms with Crippen molar-refractivity contribution >= 4 is 23.3 Å². The van der Waals surface area contributed by atoms with Crippen LogP contribution in [0.5, 0.6) is 0 Å². The molecule has 0 saturated carbocycles. The lowest BCUT2D eigenvalue weighted by molar-refractivity contribution is 0.0944. The second-order valence-electron chi connectivity index (χ2n) is 5.70. The number of carbonyl (C=O) groups is 1. The molecular formula is C17H21ClN4O. The minimum absolute atomic E-state index is 0.181. The molecule has 23 heavy (non-hydrogen) atoms. The Morgan fingerprint density at radius 3 is 2.83 bits per heavy atom. The fourth-order valence-electron chi connectivity index (χ4n) is 1.99. The van der Waals surface area contributed by atoms with E-state index in [1.807, 2.05) is 38.1 Å². The van der Waals surface area contributed by atoms with Crippen LogP contribution < -0.4 is 10.6 Å². The SMILES string of the molecule is CC(C)CNC(=O)c1cc(NCCc2cccc(Cl)c2)ncn1. The average Bonchev–Trinajstić information content (AvgIpc) is 2.53. The summed E-state index contributed by atoms with van der Waals surface area (Å²) in [5.41, 5.74) is 1.51. The molecule has 0 unspecified atom stereocenters. The first-order valence-electron chi connectivity index (χ1n) is 7.63. The van der Waals surface area contributed by atoms with Gasteiger partial charge in [-0.2, -0.15) is 0 Å². The monoisotopic (exact) mass is 332 g/mol. The molecule has 0 fully saturated rings. The molecule has 0 spiro atoms. The lowest BCUT2D eigenvalue weighted by atomic mass is 10.1. The van der Waals surface area contributed by atoms with Crippen molar-refractivity contribution in [2.24, 2.45) is 5.92 Å². The summed E-state index contributed by atoms with van der Waals surface area (Å²) in [5, 5.41) is 6.77. The van der Waals surface area contributed by atoms with Crippen LogP contribution in [0.15, 0.2) is 36.7 Å². The van der Waals surface area contributed by atoms with E-state index < -0.39 is 0 Å². The molecule has 2 aromatic rings. The first-order valence-corrected chi connectivity index (χ1v) is 8.01. The van der Waals surface area contributed by atoms with Gasteiger partial charge < -0.3 is 10.6 Å². The Kier molecular flexibility index (Phi) is 6.35. The number of aromatic nitrogens is 2. The molecule has 0 aliphatic rings. The summed E-state index contributed by atoms with van der Waals surface area (Å²) in [6.45, 7) is 5.41. The summed E-state index contributed by atoms with van der Waals surface area (Å²) in [7, 11) is 0. The fraction of sp³-hybridized carbons (Fsp3) is 0.353. The van der Waals surface area contributed by atoms with Gasteiger partial charge in [-0.15, -0.1) is 0 Å². The number of anilines is 1. The second-order valence-corrected chi connectivity index (χ2v) is 6.14. The Labute approximate surface area is 141 Å². The first kappa shape index (κ1) is 17.2. The Bertz CT molecular complexity index is 661. The second kappa shape index (κ2) is 8.48. The Balaban J connectivity index is 1.88. The maximum Gasteiger partial charge on any atom is 0.270 e. The largest absolute Gasteiger partial charge is 0.370 e. The van der Waals surface area contributed by atoms with Gasteiger partial charge in [-0.1, -0.05) is 37.6 Å². The van der Waals surface area contributed by atoms with Gasteiger partial charge in [-0.3, -0.25) is 4.79 Å². The van der Waals surface area contributed by atoms with Crippen LogP contribution in [0.25, 0.3) is 0 Å². The zero-order chi connectivity index (χ0) is 16.7. The molecule has 0 aliphatic carbocycles. The van der Waals surface area contributed by atoms with Gasteiger partial charge in [-0.05, 0) is 30.0 Å². The van der Waals surface area contributed by atoms with Gasteiger partial charge in [0.1, 0.15) is 17.8 Å². The third-order valence-corrected chi connectivity index (χ3v) is 3.41. The number of rotatable bonds is 7. The van der Waals surface area contributed by atoms with Crippen molar-refractivity contribution < 1.29 is 4.79 Å². The van der Waals surface area contributed by atoms with E-state index in [9.17, 15) is 4.79 Å². The highest BCUT2D eigenvalue weighted by molar-refractivity contribution is 6.30. The molecule has 1 aromatic heterocycles. The summed E-state index contributed by atoms with van der Waals surface area (Å²) < 4.78 is 0. The lowest BCUT2D eigenvalue weighted by Gasteiger charge is -2.09. The number of amides is 1. The number of hydrogen-bond acceptors (Lipinski definition) is 4. The topological polar surface area (TPSA) is 66.9 Å². The van der Waals surface area contributed by atoms with E-state index >= 15 is 0 Å². The number of benzene rings is 1. The van der Waals surface area contributed by atoms with Gasteiger partial charge in [0.15, 0.2) is 0 Å². The minimum Gasteiger partial charge on any atom is -0.370 e. The summed E-state index contributed by atoms with van der Waals surface area (Å²) in [5.74, 6) is 0.854. The number of carbonyl (C=O) groups excluding carboxylic acids is 1. The van der Waals surface area contributed by atoms with Crippen LogP contribution in [-0.4, -0.2) is 29.0 Å². The van der Waals surface area contributed by atoms with Gasteiger partial charge in [0, 0.05) is 24.2 Å². The van der Waals surface area contributed by atoms with Gasteiger partial charge in [0.05, 0.1) is 0 Å². The standard InChI is InChI=1S/C17H21ClN4O/c1-12(2)10-20-17(23)15-9-16(22-11-21-15)19-7-6-13-4-3-5-14(18)8-13/h3-5,8-9,11-12H,6-7,10H2,1-2H3,(H,20,23)(H,19,21,22). The summed E-state index contributed by atoms with van der Waals surface area (Å²) >= 11 is 5.96. The predicted molar refractivity (Wildman–Crippen MR) is 92.8 cm³/mol. The minimum atomic E-state index is -0.181. The van der Waals surface area contributed by atoms with Crippen LogP contribution >= 0.6 is 11.6 Å². The van der Waals surface area contributed by atoms with Crippen molar-refractivity contribution in [1.29, 1.82) is 0 Å². The molecule has 2 rings (SSSR count). The first-order chi connectivity index (χ1) is 11.0. The quantitative estimate of drug-likeness (QED) is 0.817. The summed E-state index contributed by atoms with van der Waals surface area (Å²) in [6.07, 6.45) is 2.21. The highest BCUT2D eigenvalue weighted by atomic mass is 35.5. The van der Waals surface area contributed by atoms with E-state index in [1.54, 1.807) is 6.07 Å². The molecule has 6 heteroatoms. The third kappa shape index (κ3) is 5.87. The van der Waals surface area contributed by atoms with E-state index in [-0.39, 0.29) is 5.91 Å². The van der Waals surface area contributed by atoms with E-state index in [1.165, 1.54) is 6.33 Å². The van der Waals surface area contributed by atoms with E-state index in [0.29, 0.717) is 30.5 Å². The van der Waals surface area contributed by atoms with Crippen molar-refractivity contribution in [2.45, 2.75) is 20.3 Å². The predicted octanol–water partition coefficient (Wildman–Crippen LogP) is 3.17. The molecule has 5 nitrogen and oxygen atoms in total. The van der Waals surface area contributed by atoms with Crippen molar-refractivity contribution in [3.8, 4) is 0 Å². The Hall–Kier alpha value is -2.14. The molecule has 122 valence electrons. The molecule has 0 atom stereocenters. The molecule has 1 aromatic carbocycles. The molecule has 0 saturated heterocycles. The van der Waals surface area contributed by atoms with Gasteiger partial charge in [-0.25, -0.2) is 9.97 Å². The molecule has 2 N–H and O–H groups in total. The molecule has 0 aliphatic heterocycles. The van der Waals surface area contributed by atoms with E-state index in [0.717, 1.165) is 17.0 Å². The maximum absolute atomic E-state index is 12.0. The highest BCUT2D eigenvalue weighted by Gasteiger charge is 2.08. The molecule has 0 radical (unpaired) electrons. The summed E-state index contributed by atoms with van der Waals surface area (Å²) in [4.78, 5) is 20.1. The number of nitrogens with one attached hydrogen (secondary N) is 2. The van der Waals surface area contributed by atoms with E-state index in [4.69, 9.17) is 11.6 Å². The molecule has 1 amide bonds. The van der Waals surface area contributed by atoms with Crippen molar-refractivity contribution in [3.05, 3.63) is 52.9 Å². The van der Waals surface area contributed by atoms with Crippen molar-refractivity contribution in [1.82, 2.24) is 15.3 Å². The van der Waals surface area contributed by atoms with Crippen molar-refractivity contribution in [3.63, 3.8) is 0 Å². The van der Waals surface area contributed by atoms with E-state index in [2.05, 4.69) is 20.6 Å². The smallest absolute Gasteiger partial charge is 0.270 e. The number of halogens is 1. The van der Waals surface area contributed by atoms with Gasteiger partial charge in [0.2, 0.25) is 0 Å². The summed E-state index contributed by atoms with van der Waals surface area (Å²) in [6, 6.07) is 9.41. The van der Waals surface area contributed by atoms with Crippen LogP contribution in [0, 0.1) is 5.92 Å². The number of nitrogens with zero attached hydrogens (tertiary/aromatic N) is 2. The third-order valence-electron chi connectivity index (χ3n) is 3.18. The highest BCUT2D eigenvalue weighted by Crippen LogP contribution is 2.11. The number of hydrogen-bond donors (Lipinski definition) is 2.